The second-order valence-electron chi connectivity index (χ2n) is 6.71. The summed E-state index contributed by atoms with van der Waals surface area (Å²) in [4.78, 5) is 0. The molecule has 0 amide bonds. The van der Waals surface area contributed by atoms with Gasteiger partial charge in [-0.3, -0.25) is 0 Å². The average Bonchev–Trinajstić information content (AvgIpc) is 2.32. The normalized spacial score (nSPS) is 37.9. The highest BCUT2D eigenvalue weighted by atomic mass is 14.5. The molecular weight excluding hydrogens is 192 g/mol. The molecule has 3 fully saturated rings. The van der Waals surface area contributed by atoms with Crippen molar-refractivity contribution in [3.05, 3.63) is 0 Å². The molecule has 0 heteroatoms. The lowest BCUT2D eigenvalue weighted by molar-refractivity contribution is -0.0210. The second kappa shape index (κ2) is 5.10. The third-order valence-corrected chi connectivity index (χ3v) is 5.65. The van der Waals surface area contributed by atoms with Crippen LogP contribution in [-0.2, 0) is 0 Å². The maximum absolute atomic E-state index is 2.37. The Hall–Kier alpha value is 0. The van der Waals surface area contributed by atoms with Crippen molar-refractivity contribution in [2.24, 2.45) is 10.8 Å². The summed E-state index contributed by atoms with van der Waals surface area (Å²) in [5.74, 6) is 0. The van der Waals surface area contributed by atoms with E-state index in [-0.39, 0.29) is 0 Å². The highest BCUT2D eigenvalue weighted by Crippen LogP contribution is 2.60. The van der Waals surface area contributed by atoms with Crippen LogP contribution >= 0.6 is 0 Å². The van der Waals surface area contributed by atoms with Crippen LogP contribution in [0.2, 0.25) is 0 Å². The van der Waals surface area contributed by atoms with Crippen molar-refractivity contribution in [1.29, 1.82) is 0 Å². The molecule has 0 radical (unpaired) electrons. The van der Waals surface area contributed by atoms with Crippen molar-refractivity contribution in [3.63, 3.8) is 0 Å². The topological polar surface area (TPSA) is 0 Å². The molecule has 3 aliphatic carbocycles. The minimum Gasteiger partial charge on any atom is -0.0654 e. The Balaban J connectivity index is 1.85. The first-order chi connectivity index (χ1) is 7.74. The SMILES string of the molecule is CCCCCC12CCC(CCC)(CC1)CC2. The van der Waals surface area contributed by atoms with Gasteiger partial charge in [-0.2, -0.15) is 0 Å². The van der Waals surface area contributed by atoms with Gasteiger partial charge >= 0.3 is 0 Å². The lowest BCUT2D eigenvalue weighted by Crippen LogP contribution is -2.41. The van der Waals surface area contributed by atoms with E-state index in [0.29, 0.717) is 0 Å². The molecule has 2 bridgehead atoms. The van der Waals surface area contributed by atoms with E-state index >= 15 is 0 Å². The molecule has 0 aliphatic heterocycles. The Morgan fingerprint density at radius 3 is 1.56 bits per heavy atom. The van der Waals surface area contributed by atoms with Crippen LogP contribution in [0.25, 0.3) is 0 Å². The fourth-order valence-corrected chi connectivity index (χ4v) is 4.37. The van der Waals surface area contributed by atoms with Crippen LogP contribution in [0.1, 0.15) is 90.9 Å². The molecule has 0 N–H and O–H groups in total. The smallest absolute Gasteiger partial charge is 0.0297 e. The van der Waals surface area contributed by atoms with Gasteiger partial charge in [0.1, 0.15) is 0 Å². The quantitative estimate of drug-likeness (QED) is 0.505. The largest absolute Gasteiger partial charge is 0.0654 e. The molecule has 16 heavy (non-hydrogen) atoms. The zero-order chi connectivity index (χ0) is 11.5. The number of rotatable bonds is 6. The van der Waals surface area contributed by atoms with E-state index in [1.807, 2.05) is 0 Å². The maximum atomic E-state index is 2.37. The van der Waals surface area contributed by atoms with E-state index < -0.39 is 0 Å². The summed E-state index contributed by atoms with van der Waals surface area (Å²) in [6.07, 6.45) is 18.2. The number of hydrogen-bond acceptors (Lipinski definition) is 0. The van der Waals surface area contributed by atoms with Crippen LogP contribution in [0.5, 0.6) is 0 Å². The Bertz CT molecular complexity index is 192. The summed E-state index contributed by atoms with van der Waals surface area (Å²) < 4.78 is 0. The van der Waals surface area contributed by atoms with E-state index in [1.54, 1.807) is 44.9 Å². The van der Waals surface area contributed by atoms with Crippen LogP contribution in [0.3, 0.4) is 0 Å². The summed E-state index contributed by atoms with van der Waals surface area (Å²) >= 11 is 0. The summed E-state index contributed by atoms with van der Waals surface area (Å²) in [5.41, 5.74) is 1.62. The van der Waals surface area contributed by atoms with Gasteiger partial charge in [0.2, 0.25) is 0 Å². The van der Waals surface area contributed by atoms with E-state index in [9.17, 15) is 0 Å². The van der Waals surface area contributed by atoms with Crippen LogP contribution in [0.15, 0.2) is 0 Å². The van der Waals surface area contributed by atoms with Crippen molar-refractivity contribution in [3.8, 4) is 0 Å². The van der Waals surface area contributed by atoms with Gasteiger partial charge in [-0.05, 0) is 62.2 Å². The molecule has 3 aliphatic rings. The van der Waals surface area contributed by atoms with Gasteiger partial charge in [0.05, 0.1) is 0 Å². The van der Waals surface area contributed by atoms with Crippen molar-refractivity contribution in [1.82, 2.24) is 0 Å². The zero-order valence-corrected chi connectivity index (χ0v) is 11.5. The highest BCUT2D eigenvalue weighted by molar-refractivity contribution is 4.98. The highest BCUT2D eigenvalue weighted by Gasteiger charge is 2.47. The van der Waals surface area contributed by atoms with E-state index in [4.69, 9.17) is 0 Å². The molecule has 0 saturated heterocycles. The molecule has 0 unspecified atom stereocenters. The van der Waals surface area contributed by atoms with Gasteiger partial charge in [-0.25, -0.2) is 0 Å². The van der Waals surface area contributed by atoms with Gasteiger partial charge in [0.15, 0.2) is 0 Å². The summed E-state index contributed by atoms with van der Waals surface area (Å²) in [7, 11) is 0. The maximum Gasteiger partial charge on any atom is -0.0297 e. The van der Waals surface area contributed by atoms with Gasteiger partial charge in [-0.1, -0.05) is 39.5 Å². The predicted molar refractivity (Wildman–Crippen MR) is 71.6 cm³/mol. The average molecular weight is 222 g/mol. The van der Waals surface area contributed by atoms with E-state index in [1.165, 1.54) is 32.1 Å². The molecule has 94 valence electrons. The number of hydrogen-bond donors (Lipinski definition) is 0. The van der Waals surface area contributed by atoms with Crippen molar-refractivity contribution in [2.75, 3.05) is 0 Å². The molecule has 3 rings (SSSR count). The monoisotopic (exact) mass is 222 g/mol. The van der Waals surface area contributed by atoms with E-state index in [0.717, 1.165) is 10.8 Å². The van der Waals surface area contributed by atoms with Crippen molar-refractivity contribution < 1.29 is 0 Å². The number of fused-ring (bicyclic) bond motifs is 3. The van der Waals surface area contributed by atoms with Crippen LogP contribution < -0.4 is 0 Å². The molecule has 0 aromatic heterocycles. The molecule has 0 aromatic rings. The van der Waals surface area contributed by atoms with Crippen LogP contribution in [0.4, 0.5) is 0 Å². The Kier molecular flexibility index (Phi) is 3.97. The second-order valence-corrected chi connectivity index (χ2v) is 6.71. The predicted octanol–water partition coefficient (Wildman–Crippen LogP) is 5.71. The third-order valence-electron chi connectivity index (χ3n) is 5.65. The molecule has 0 aromatic carbocycles. The third kappa shape index (κ3) is 2.46. The molecular formula is C16H30. The Morgan fingerprint density at radius 2 is 1.12 bits per heavy atom. The first-order valence-corrected chi connectivity index (χ1v) is 7.74. The Labute approximate surface area is 102 Å². The lowest BCUT2D eigenvalue weighted by atomic mass is 9.51. The van der Waals surface area contributed by atoms with Gasteiger partial charge in [0.25, 0.3) is 0 Å². The van der Waals surface area contributed by atoms with Gasteiger partial charge in [0, 0.05) is 0 Å². The van der Waals surface area contributed by atoms with Crippen LogP contribution in [0, 0.1) is 10.8 Å². The molecule has 0 heterocycles. The van der Waals surface area contributed by atoms with Crippen molar-refractivity contribution in [2.45, 2.75) is 90.9 Å². The standard InChI is InChI=1S/C16H30/c1-3-5-6-8-16-12-9-15(7-4-2,10-13-16)11-14-16/h3-14H2,1-2H3. The number of unbranched alkanes of at least 4 members (excludes halogenated alkanes) is 2. The molecule has 0 atom stereocenters. The van der Waals surface area contributed by atoms with Crippen LogP contribution in [-0.4, -0.2) is 0 Å². The van der Waals surface area contributed by atoms with Gasteiger partial charge < -0.3 is 0 Å². The summed E-state index contributed by atoms with van der Waals surface area (Å²) in [6.45, 7) is 4.69. The minimum absolute atomic E-state index is 0.807. The minimum atomic E-state index is 0.807. The van der Waals surface area contributed by atoms with Crippen molar-refractivity contribution >= 4 is 0 Å². The molecule has 3 saturated carbocycles. The Morgan fingerprint density at radius 1 is 0.625 bits per heavy atom. The van der Waals surface area contributed by atoms with Gasteiger partial charge in [-0.15, -0.1) is 0 Å². The molecule has 0 nitrogen and oxygen atoms in total. The molecule has 0 spiro atoms. The fraction of sp³-hybridized carbons (Fsp3) is 1.00. The lowest BCUT2D eigenvalue weighted by Gasteiger charge is -2.54. The summed E-state index contributed by atoms with van der Waals surface area (Å²) in [6, 6.07) is 0. The first-order valence-electron chi connectivity index (χ1n) is 7.74. The fourth-order valence-electron chi connectivity index (χ4n) is 4.37. The zero-order valence-electron chi connectivity index (χ0n) is 11.5. The summed E-state index contributed by atoms with van der Waals surface area (Å²) in [5, 5.41) is 0. The van der Waals surface area contributed by atoms with E-state index in [2.05, 4.69) is 13.8 Å². The first kappa shape index (κ1) is 12.5.